The summed E-state index contributed by atoms with van der Waals surface area (Å²) in [6.07, 6.45) is 7.71. The Balaban J connectivity index is 1.85. The first-order chi connectivity index (χ1) is 14.9. The van der Waals surface area contributed by atoms with Gasteiger partial charge < -0.3 is 9.84 Å². The molecule has 0 radical (unpaired) electrons. The Kier molecular flexibility index (Phi) is 8.57. The Morgan fingerprint density at radius 3 is 2.58 bits per heavy atom. The molecule has 0 aromatic heterocycles. The van der Waals surface area contributed by atoms with E-state index in [0.717, 1.165) is 25.1 Å². The molecule has 31 heavy (non-hydrogen) atoms. The fraction of sp³-hybridized carbons (Fsp3) is 0.571. The number of likely N-dealkylation sites (tertiary alicyclic amines) is 1. The summed E-state index contributed by atoms with van der Waals surface area (Å²) < 4.78 is 6.43. The summed E-state index contributed by atoms with van der Waals surface area (Å²) in [6, 6.07) is 17.4. The fourth-order valence-electron chi connectivity index (χ4n) is 4.66. The van der Waals surface area contributed by atoms with Crippen LogP contribution in [-0.2, 0) is 12.0 Å². The number of aliphatic hydroxyl groups is 1. The van der Waals surface area contributed by atoms with E-state index in [-0.39, 0.29) is 17.6 Å². The predicted molar refractivity (Wildman–Crippen MR) is 130 cm³/mol. The number of piperidine rings is 1. The van der Waals surface area contributed by atoms with E-state index in [1.54, 1.807) is 0 Å². The van der Waals surface area contributed by atoms with Crippen molar-refractivity contribution < 1.29 is 9.84 Å². The second-order valence-corrected chi connectivity index (χ2v) is 9.90. The van der Waals surface area contributed by atoms with Crippen molar-refractivity contribution in [2.75, 3.05) is 13.6 Å². The summed E-state index contributed by atoms with van der Waals surface area (Å²) in [5.41, 5.74) is 3.84. The number of nitrogens with zero attached hydrogens (tertiary/aromatic N) is 1. The van der Waals surface area contributed by atoms with E-state index < -0.39 is 0 Å². The van der Waals surface area contributed by atoms with Crippen LogP contribution in [0.1, 0.15) is 88.4 Å². The third kappa shape index (κ3) is 6.57. The Bertz CT molecular complexity index is 802. The van der Waals surface area contributed by atoms with E-state index in [4.69, 9.17) is 4.74 Å². The maximum absolute atomic E-state index is 10.3. The number of ether oxygens (including phenoxy) is 1. The van der Waals surface area contributed by atoms with Gasteiger partial charge in [-0.2, -0.15) is 0 Å². The van der Waals surface area contributed by atoms with Gasteiger partial charge in [-0.05, 0) is 48.9 Å². The van der Waals surface area contributed by atoms with Crippen LogP contribution in [0.5, 0.6) is 5.75 Å². The Morgan fingerprint density at radius 2 is 1.84 bits per heavy atom. The first kappa shape index (κ1) is 23.8. The van der Waals surface area contributed by atoms with Crippen LogP contribution in [0.25, 0.3) is 0 Å². The maximum atomic E-state index is 10.3. The van der Waals surface area contributed by atoms with Crippen molar-refractivity contribution in [2.45, 2.75) is 89.9 Å². The standard InChI is InChI=1S/C28H41NO2/c1-5-6-7-11-17-28(2,3)23-14-15-25(26-20-24(30)16-18-29(26)4)27(19-23)31-21-22-12-9-8-10-13-22/h8-10,12-15,19,24,26,30H,5-7,11,16-18,20-21H2,1-4H3/t24-,26+/m1/s1. The zero-order valence-corrected chi connectivity index (χ0v) is 19.9. The van der Waals surface area contributed by atoms with Crippen LogP contribution >= 0.6 is 0 Å². The predicted octanol–water partition coefficient (Wildman–Crippen LogP) is 6.64. The topological polar surface area (TPSA) is 32.7 Å². The molecule has 170 valence electrons. The highest BCUT2D eigenvalue weighted by Gasteiger charge is 2.30. The minimum absolute atomic E-state index is 0.120. The summed E-state index contributed by atoms with van der Waals surface area (Å²) in [5.74, 6) is 0.967. The van der Waals surface area contributed by atoms with Gasteiger partial charge in [-0.3, -0.25) is 4.90 Å². The Hall–Kier alpha value is -1.84. The van der Waals surface area contributed by atoms with E-state index in [0.29, 0.717) is 6.61 Å². The van der Waals surface area contributed by atoms with Crippen LogP contribution in [0.2, 0.25) is 0 Å². The lowest BCUT2D eigenvalue weighted by molar-refractivity contribution is 0.0540. The monoisotopic (exact) mass is 423 g/mol. The van der Waals surface area contributed by atoms with Gasteiger partial charge in [0.2, 0.25) is 0 Å². The third-order valence-electron chi connectivity index (χ3n) is 6.89. The van der Waals surface area contributed by atoms with Crippen molar-refractivity contribution in [1.82, 2.24) is 4.90 Å². The number of hydrogen-bond acceptors (Lipinski definition) is 3. The van der Waals surface area contributed by atoms with E-state index in [2.05, 4.69) is 75.2 Å². The highest BCUT2D eigenvalue weighted by atomic mass is 16.5. The van der Waals surface area contributed by atoms with Gasteiger partial charge in [-0.15, -0.1) is 0 Å². The minimum Gasteiger partial charge on any atom is -0.489 e. The molecule has 0 aliphatic carbocycles. The molecule has 1 saturated heterocycles. The SMILES string of the molecule is CCCCCCC(C)(C)c1ccc([C@@H]2C[C@H](O)CCN2C)c(OCc2ccccc2)c1. The van der Waals surface area contributed by atoms with Gasteiger partial charge >= 0.3 is 0 Å². The van der Waals surface area contributed by atoms with Crippen LogP contribution in [0.3, 0.4) is 0 Å². The number of hydrogen-bond donors (Lipinski definition) is 1. The molecule has 0 bridgehead atoms. The molecule has 2 aromatic carbocycles. The molecule has 0 amide bonds. The molecular weight excluding hydrogens is 382 g/mol. The lowest BCUT2D eigenvalue weighted by atomic mass is 9.79. The quantitative estimate of drug-likeness (QED) is 0.435. The van der Waals surface area contributed by atoms with E-state index >= 15 is 0 Å². The molecule has 0 unspecified atom stereocenters. The number of aliphatic hydroxyl groups excluding tert-OH is 1. The van der Waals surface area contributed by atoms with Gasteiger partial charge in [0.1, 0.15) is 12.4 Å². The van der Waals surface area contributed by atoms with Crippen molar-refractivity contribution in [2.24, 2.45) is 0 Å². The van der Waals surface area contributed by atoms with E-state index in [1.165, 1.54) is 48.8 Å². The minimum atomic E-state index is -0.238. The average molecular weight is 424 g/mol. The molecule has 2 atom stereocenters. The van der Waals surface area contributed by atoms with Crippen molar-refractivity contribution in [1.29, 1.82) is 0 Å². The molecule has 0 spiro atoms. The summed E-state index contributed by atoms with van der Waals surface area (Å²) in [5, 5.41) is 10.3. The fourth-order valence-corrected chi connectivity index (χ4v) is 4.66. The van der Waals surface area contributed by atoms with Crippen LogP contribution < -0.4 is 4.74 Å². The molecule has 1 N–H and O–H groups in total. The maximum Gasteiger partial charge on any atom is 0.124 e. The molecule has 3 nitrogen and oxygen atoms in total. The molecule has 0 saturated carbocycles. The number of rotatable bonds is 10. The zero-order chi connectivity index (χ0) is 22.3. The molecule has 1 fully saturated rings. The first-order valence-electron chi connectivity index (χ1n) is 12.1. The van der Waals surface area contributed by atoms with Crippen molar-refractivity contribution in [3.8, 4) is 5.75 Å². The summed E-state index contributed by atoms with van der Waals surface area (Å²) in [6.45, 7) is 8.44. The molecule has 1 heterocycles. The molecule has 3 rings (SSSR count). The van der Waals surface area contributed by atoms with Gasteiger partial charge in [0, 0.05) is 18.2 Å². The second-order valence-electron chi connectivity index (χ2n) is 9.90. The largest absolute Gasteiger partial charge is 0.489 e. The van der Waals surface area contributed by atoms with Gasteiger partial charge in [-0.25, -0.2) is 0 Å². The summed E-state index contributed by atoms with van der Waals surface area (Å²) in [4.78, 5) is 2.35. The van der Waals surface area contributed by atoms with Crippen LogP contribution in [0, 0.1) is 0 Å². The van der Waals surface area contributed by atoms with E-state index in [9.17, 15) is 5.11 Å². The van der Waals surface area contributed by atoms with E-state index in [1.807, 2.05) is 6.07 Å². The number of unbranched alkanes of at least 4 members (excludes halogenated alkanes) is 3. The van der Waals surface area contributed by atoms with Gasteiger partial charge in [0.15, 0.2) is 0 Å². The Morgan fingerprint density at radius 1 is 1.06 bits per heavy atom. The zero-order valence-electron chi connectivity index (χ0n) is 19.9. The summed E-state index contributed by atoms with van der Waals surface area (Å²) in [7, 11) is 2.16. The lowest BCUT2D eigenvalue weighted by Gasteiger charge is -2.36. The molecular formula is C28H41NO2. The molecule has 1 aliphatic heterocycles. The molecule has 2 aromatic rings. The van der Waals surface area contributed by atoms with Crippen LogP contribution in [-0.4, -0.2) is 29.7 Å². The van der Waals surface area contributed by atoms with Crippen LogP contribution in [0.15, 0.2) is 48.5 Å². The van der Waals surface area contributed by atoms with Gasteiger partial charge in [0.25, 0.3) is 0 Å². The lowest BCUT2D eigenvalue weighted by Crippen LogP contribution is -2.36. The molecule has 3 heteroatoms. The normalized spacial score (nSPS) is 20.0. The number of benzene rings is 2. The average Bonchev–Trinajstić information content (AvgIpc) is 2.77. The van der Waals surface area contributed by atoms with Gasteiger partial charge in [0.05, 0.1) is 6.10 Å². The van der Waals surface area contributed by atoms with Crippen molar-refractivity contribution in [3.63, 3.8) is 0 Å². The third-order valence-corrected chi connectivity index (χ3v) is 6.89. The Labute approximate surface area is 189 Å². The van der Waals surface area contributed by atoms with Crippen molar-refractivity contribution in [3.05, 3.63) is 65.2 Å². The smallest absolute Gasteiger partial charge is 0.124 e. The van der Waals surface area contributed by atoms with Crippen molar-refractivity contribution >= 4 is 0 Å². The second kappa shape index (κ2) is 11.2. The highest BCUT2D eigenvalue weighted by Crippen LogP contribution is 2.39. The van der Waals surface area contributed by atoms with Crippen LogP contribution in [0.4, 0.5) is 0 Å². The highest BCUT2D eigenvalue weighted by molar-refractivity contribution is 5.42. The van der Waals surface area contributed by atoms with Gasteiger partial charge in [-0.1, -0.05) is 88.9 Å². The molecule has 1 aliphatic rings. The summed E-state index contributed by atoms with van der Waals surface area (Å²) >= 11 is 0. The first-order valence-corrected chi connectivity index (χ1v) is 12.1.